The Morgan fingerprint density at radius 3 is 2.72 bits per heavy atom. The molecule has 0 saturated heterocycles. The molecule has 2 rings (SSSR count). The van der Waals surface area contributed by atoms with Crippen LogP contribution in [0.15, 0.2) is 16.3 Å². The monoisotopic (exact) mass is 284 g/mol. The number of hydrogen-bond acceptors (Lipinski definition) is 4. The quantitative estimate of drug-likeness (QED) is 0.927. The van der Waals surface area contributed by atoms with Gasteiger partial charge >= 0.3 is 0 Å². The predicted octanol–water partition coefficient (Wildman–Crippen LogP) is 2.48. The van der Waals surface area contributed by atoms with Gasteiger partial charge in [0.15, 0.2) is 0 Å². The molecule has 0 amide bonds. The second-order valence-electron chi connectivity index (χ2n) is 4.72. The van der Waals surface area contributed by atoms with Crippen LogP contribution in [-0.4, -0.2) is 14.5 Å². The van der Waals surface area contributed by atoms with E-state index in [4.69, 9.17) is 5.26 Å². The average molecular weight is 284 g/mol. The van der Waals surface area contributed by atoms with E-state index in [9.17, 15) is 8.42 Å². The first-order valence-electron chi connectivity index (χ1n) is 6.05. The van der Waals surface area contributed by atoms with E-state index in [0.29, 0.717) is 10.8 Å². The Morgan fingerprint density at radius 2 is 2.11 bits per heavy atom. The molecule has 6 heteroatoms. The molecule has 1 fully saturated rings. The smallest absolute Gasteiger partial charge is 0.207 e. The minimum atomic E-state index is -3.46. The first kappa shape index (κ1) is 13.5. The maximum Gasteiger partial charge on any atom is 0.250 e. The SMILES string of the molecule is CC1CCCCC1NS(=O)(=O)c1ccc(C#N)s1. The largest absolute Gasteiger partial charge is 0.250 e. The summed E-state index contributed by atoms with van der Waals surface area (Å²) in [5.74, 6) is 0.379. The van der Waals surface area contributed by atoms with E-state index in [1.54, 1.807) is 6.07 Å². The summed E-state index contributed by atoms with van der Waals surface area (Å²) in [6.07, 6.45) is 4.22. The lowest BCUT2D eigenvalue weighted by atomic mass is 9.87. The van der Waals surface area contributed by atoms with Gasteiger partial charge in [-0.15, -0.1) is 11.3 Å². The van der Waals surface area contributed by atoms with Crippen LogP contribution in [0.3, 0.4) is 0 Å². The standard InChI is InChI=1S/C12H16N2O2S2/c1-9-4-2-3-5-11(9)14-18(15,16)12-7-6-10(8-13)17-12/h6-7,9,11,14H,2-5H2,1H3. The molecular formula is C12H16N2O2S2. The molecule has 2 atom stereocenters. The number of nitriles is 1. The first-order valence-corrected chi connectivity index (χ1v) is 8.35. The van der Waals surface area contributed by atoms with Crippen molar-refractivity contribution < 1.29 is 8.42 Å². The molecular weight excluding hydrogens is 268 g/mol. The van der Waals surface area contributed by atoms with Gasteiger partial charge in [-0.2, -0.15) is 5.26 Å². The Balaban J connectivity index is 2.14. The molecule has 1 saturated carbocycles. The number of hydrogen-bond donors (Lipinski definition) is 1. The maximum absolute atomic E-state index is 12.2. The van der Waals surface area contributed by atoms with E-state index in [2.05, 4.69) is 11.6 Å². The topological polar surface area (TPSA) is 70.0 Å². The number of thiophene rings is 1. The highest BCUT2D eigenvalue weighted by atomic mass is 32.2. The Hall–Kier alpha value is -0.900. The van der Waals surface area contributed by atoms with Crippen molar-refractivity contribution in [1.82, 2.24) is 4.72 Å². The molecule has 0 spiro atoms. The van der Waals surface area contributed by atoms with Crippen LogP contribution >= 0.6 is 11.3 Å². The Morgan fingerprint density at radius 1 is 1.39 bits per heavy atom. The summed E-state index contributed by atoms with van der Waals surface area (Å²) in [5, 5.41) is 8.73. The van der Waals surface area contributed by atoms with Crippen molar-refractivity contribution in [2.45, 2.75) is 42.9 Å². The van der Waals surface area contributed by atoms with Gasteiger partial charge in [0.1, 0.15) is 15.2 Å². The van der Waals surface area contributed by atoms with Crippen molar-refractivity contribution in [3.63, 3.8) is 0 Å². The molecule has 1 aromatic rings. The molecule has 1 N–H and O–H groups in total. The van der Waals surface area contributed by atoms with Crippen LogP contribution in [0.25, 0.3) is 0 Å². The summed E-state index contributed by atoms with van der Waals surface area (Å²) < 4.78 is 27.3. The van der Waals surface area contributed by atoms with E-state index >= 15 is 0 Å². The molecule has 2 unspecified atom stereocenters. The van der Waals surface area contributed by atoms with Gasteiger partial charge in [-0.25, -0.2) is 13.1 Å². The summed E-state index contributed by atoms with van der Waals surface area (Å²) in [4.78, 5) is 0.423. The van der Waals surface area contributed by atoms with Crippen LogP contribution in [0.4, 0.5) is 0 Å². The van der Waals surface area contributed by atoms with E-state index in [-0.39, 0.29) is 10.3 Å². The fraction of sp³-hybridized carbons (Fsp3) is 0.583. The van der Waals surface area contributed by atoms with Gasteiger partial charge in [0.25, 0.3) is 0 Å². The minimum Gasteiger partial charge on any atom is -0.207 e. The molecule has 18 heavy (non-hydrogen) atoms. The van der Waals surface area contributed by atoms with Crippen LogP contribution in [0, 0.1) is 17.2 Å². The zero-order valence-electron chi connectivity index (χ0n) is 10.2. The van der Waals surface area contributed by atoms with Crippen molar-refractivity contribution >= 4 is 21.4 Å². The highest BCUT2D eigenvalue weighted by molar-refractivity contribution is 7.91. The predicted molar refractivity (Wildman–Crippen MR) is 70.8 cm³/mol. The fourth-order valence-corrected chi connectivity index (χ4v) is 4.77. The molecule has 4 nitrogen and oxygen atoms in total. The van der Waals surface area contributed by atoms with Gasteiger partial charge in [0.2, 0.25) is 10.0 Å². The summed E-state index contributed by atoms with van der Waals surface area (Å²) in [7, 11) is -3.46. The average Bonchev–Trinajstić information content (AvgIpc) is 2.81. The molecule has 98 valence electrons. The highest BCUT2D eigenvalue weighted by Gasteiger charge is 2.27. The van der Waals surface area contributed by atoms with Gasteiger partial charge in [-0.1, -0.05) is 19.8 Å². The maximum atomic E-state index is 12.2. The normalized spacial score (nSPS) is 24.7. The lowest BCUT2D eigenvalue weighted by molar-refractivity contribution is 0.310. The zero-order chi connectivity index (χ0) is 13.2. The van der Waals surface area contributed by atoms with Crippen LogP contribution in [0.2, 0.25) is 0 Å². The first-order chi connectivity index (χ1) is 8.53. The second-order valence-corrected chi connectivity index (χ2v) is 7.74. The summed E-state index contributed by atoms with van der Waals surface area (Å²) in [6.45, 7) is 2.08. The van der Waals surface area contributed by atoms with Gasteiger partial charge < -0.3 is 0 Å². The molecule has 0 radical (unpaired) electrons. The van der Waals surface area contributed by atoms with Crippen LogP contribution in [0.1, 0.15) is 37.5 Å². The van der Waals surface area contributed by atoms with Gasteiger partial charge in [0.05, 0.1) is 0 Å². The minimum absolute atomic E-state index is 0.0244. The summed E-state index contributed by atoms with van der Waals surface area (Å²) >= 11 is 1.02. The lowest BCUT2D eigenvalue weighted by Crippen LogP contribution is -2.40. The number of nitrogens with zero attached hydrogens (tertiary/aromatic N) is 1. The summed E-state index contributed by atoms with van der Waals surface area (Å²) in [5.41, 5.74) is 0. The number of sulfonamides is 1. The fourth-order valence-electron chi connectivity index (χ4n) is 2.27. The number of rotatable bonds is 3. The number of nitrogens with one attached hydrogen (secondary N) is 1. The third-order valence-electron chi connectivity index (χ3n) is 3.37. The molecule has 1 aliphatic carbocycles. The molecule has 0 aliphatic heterocycles. The van der Waals surface area contributed by atoms with Gasteiger partial charge in [0, 0.05) is 6.04 Å². The Bertz CT molecular complexity index is 557. The van der Waals surface area contributed by atoms with E-state index in [1.165, 1.54) is 12.5 Å². The molecule has 0 bridgehead atoms. The lowest BCUT2D eigenvalue weighted by Gasteiger charge is -2.28. The van der Waals surface area contributed by atoms with E-state index in [1.807, 2.05) is 6.07 Å². The van der Waals surface area contributed by atoms with Crippen molar-refractivity contribution in [2.24, 2.45) is 5.92 Å². The van der Waals surface area contributed by atoms with Crippen molar-refractivity contribution in [1.29, 1.82) is 5.26 Å². The third kappa shape index (κ3) is 2.91. The Kier molecular flexibility index (Phi) is 4.05. The van der Waals surface area contributed by atoms with Crippen molar-refractivity contribution in [2.75, 3.05) is 0 Å². The second kappa shape index (κ2) is 5.39. The third-order valence-corrected chi connectivity index (χ3v) is 6.35. The molecule has 1 aromatic heterocycles. The van der Waals surface area contributed by atoms with Gasteiger partial charge in [-0.3, -0.25) is 0 Å². The zero-order valence-corrected chi connectivity index (χ0v) is 11.9. The van der Waals surface area contributed by atoms with Crippen LogP contribution in [0.5, 0.6) is 0 Å². The van der Waals surface area contributed by atoms with E-state index < -0.39 is 10.0 Å². The van der Waals surface area contributed by atoms with Crippen molar-refractivity contribution in [3.8, 4) is 6.07 Å². The van der Waals surface area contributed by atoms with Gasteiger partial charge in [-0.05, 0) is 30.9 Å². The van der Waals surface area contributed by atoms with Crippen LogP contribution in [-0.2, 0) is 10.0 Å². The van der Waals surface area contributed by atoms with E-state index in [0.717, 1.165) is 30.6 Å². The van der Waals surface area contributed by atoms with Crippen LogP contribution < -0.4 is 4.72 Å². The summed E-state index contributed by atoms with van der Waals surface area (Å²) in [6, 6.07) is 5.03. The highest BCUT2D eigenvalue weighted by Crippen LogP contribution is 2.27. The van der Waals surface area contributed by atoms with Crippen molar-refractivity contribution in [3.05, 3.63) is 17.0 Å². The molecule has 1 aliphatic rings. The Labute approximate surface area is 112 Å². The molecule has 0 aromatic carbocycles. The molecule has 1 heterocycles.